The second-order valence-corrected chi connectivity index (χ2v) is 4.50. The topological polar surface area (TPSA) is 50.4 Å². The zero-order valence-electron chi connectivity index (χ0n) is 10.8. The van der Waals surface area contributed by atoms with E-state index in [-0.39, 0.29) is 5.91 Å². The molecule has 1 aliphatic heterocycles. The van der Waals surface area contributed by atoms with Gasteiger partial charge in [0.2, 0.25) is 0 Å². The first-order valence-corrected chi connectivity index (χ1v) is 6.45. The summed E-state index contributed by atoms with van der Waals surface area (Å²) in [6, 6.07) is 5.87. The van der Waals surface area contributed by atoms with Crippen molar-refractivity contribution in [3.05, 3.63) is 29.3 Å². The van der Waals surface area contributed by atoms with E-state index in [2.05, 4.69) is 10.6 Å². The van der Waals surface area contributed by atoms with E-state index in [1.807, 2.05) is 18.2 Å². The van der Waals surface area contributed by atoms with Crippen molar-refractivity contribution < 1.29 is 9.53 Å². The Bertz CT molecular complexity index is 418. The van der Waals surface area contributed by atoms with E-state index in [0.717, 1.165) is 43.7 Å². The van der Waals surface area contributed by atoms with Gasteiger partial charge in [0, 0.05) is 38.1 Å². The maximum atomic E-state index is 11.9. The fraction of sp³-hybridized carbons (Fsp3) is 0.500. The highest BCUT2D eigenvalue weighted by molar-refractivity contribution is 5.95. The zero-order chi connectivity index (χ0) is 12.8. The van der Waals surface area contributed by atoms with Crippen LogP contribution in [-0.2, 0) is 11.2 Å². The van der Waals surface area contributed by atoms with Gasteiger partial charge in [0.25, 0.3) is 5.91 Å². The molecule has 18 heavy (non-hydrogen) atoms. The number of carbonyl (C=O) groups is 1. The normalized spacial score (nSPS) is 12.9. The second kappa shape index (κ2) is 6.40. The summed E-state index contributed by atoms with van der Waals surface area (Å²) in [7, 11) is 1.69. The minimum atomic E-state index is 0.00363. The Morgan fingerprint density at radius 1 is 1.44 bits per heavy atom. The molecule has 1 heterocycles. The average Bonchev–Trinajstić information content (AvgIpc) is 2.85. The van der Waals surface area contributed by atoms with E-state index in [1.54, 1.807) is 7.11 Å². The highest BCUT2D eigenvalue weighted by atomic mass is 16.5. The first kappa shape index (κ1) is 12.9. The molecule has 0 saturated carbocycles. The molecule has 0 fully saturated rings. The van der Waals surface area contributed by atoms with E-state index in [4.69, 9.17) is 4.74 Å². The number of hydrogen-bond acceptors (Lipinski definition) is 3. The Kier molecular flexibility index (Phi) is 4.59. The number of nitrogens with one attached hydrogen (secondary N) is 2. The van der Waals surface area contributed by atoms with Gasteiger partial charge in [-0.2, -0.15) is 0 Å². The summed E-state index contributed by atoms with van der Waals surface area (Å²) in [6.07, 6.45) is 2.97. The molecule has 1 aliphatic rings. The molecule has 0 aliphatic carbocycles. The predicted molar refractivity (Wildman–Crippen MR) is 72.1 cm³/mol. The largest absolute Gasteiger partial charge is 0.385 e. The van der Waals surface area contributed by atoms with Crippen LogP contribution in [0.5, 0.6) is 0 Å². The summed E-state index contributed by atoms with van der Waals surface area (Å²) in [5, 5.41) is 6.21. The lowest BCUT2D eigenvalue weighted by Gasteiger charge is -2.07. The van der Waals surface area contributed by atoms with Crippen LogP contribution in [0.1, 0.15) is 28.8 Å². The molecular formula is C14H20N2O2. The number of hydrogen-bond donors (Lipinski definition) is 2. The number of fused-ring (bicyclic) bond motifs is 1. The minimum absolute atomic E-state index is 0.00363. The number of carbonyl (C=O) groups excluding carboxylic acids is 1. The van der Waals surface area contributed by atoms with Crippen LogP contribution in [0.15, 0.2) is 18.2 Å². The van der Waals surface area contributed by atoms with Crippen LogP contribution in [-0.4, -0.2) is 32.7 Å². The fourth-order valence-corrected chi connectivity index (χ4v) is 2.11. The molecule has 2 N–H and O–H groups in total. The van der Waals surface area contributed by atoms with Gasteiger partial charge in [-0.05, 0) is 37.0 Å². The summed E-state index contributed by atoms with van der Waals surface area (Å²) >= 11 is 0. The number of benzene rings is 1. The lowest BCUT2D eigenvalue weighted by molar-refractivity contribution is 0.0951. The highest BCUT2D eigenvalue weighted by Gasteiger charge is 2.12. The van der Waals surface area contributed by atoms with Crippen molar-refractivity contribution in [3.63, 3.8) is 0 Å². The molecule has 0 aromatic heterocycles. The molecular weight excluding hydrogens is 228 g/mol. The van der Waals surface area contributed by atoms with Crippen LogP contribution in [0.2, 0.25) is 0 Å². The summed E-state index contributed by atoms with van der Waals surface area (Å²) in [5.41, 5.74) is 3.13. The van der Waals surface area contributed by atoms with Crippen molar-refractivity contribution in [2.75, 3.05) is 32.1 Å². The van der Waals surface area contributed by atoms with Gasteiger partial charge in [-0.1, -0.05) is 6.07 Å². The Hall–Kier alpha value is -1.55. The van der Waals surface area contributed by atoms with Gasteiger partial charge in [0.05, 0.1) is 0 Å². The average molecular weight is 248 g/mol. The number of unbranched alkanes of at least 4 members (excludes halogenated alkanes) is 1. The Labute approximate surface area is 108 Å². The first-order valence-electron chi connectivity index (χ1n) is 6.45. The number of methoxy groups -OCH3 is 1. The SMILES string of the molecule is COCCCCNC(=O)c1ccc2c(c1)NCC2. The second-order valence-electron chi connectivity index (χ2n) is 4.50. The first-order chi connectivity index (χ1) is 8.81. The third-order valence-electron chi connectivity index (χ3n) is 3.14. The highest BCUT2D eigenvalue weighted by Crippen LogP contribution is 2.23. The molecule has 0 unspecified atom stereocenters. The molecule has 0 spiro atoms. The third kappa shape index (κ3) is 3.23. The molecule has 2 rings (SSSR count). The van der Waals surface area contributed by atoms with Crippen LogP contribution in [0.4, 0.5) is 5.69 Å². The van der Waals surface area contributed by atoms with Gasteiger partial charge >= 0.3 is 0 Å². The maximum absolute atomic E-state index is 11.9. The van der Waals surface area contributed by atoms with Crippen molar-refractivity contribution in [2.45, 2.75) is 19.3 Å². The summed E-state index contributed by atoms with van der Waals surface area (Å²) in [4.78, 5) is 11.9. The monoisotopic (exact) mass is 248 g/mol. The molecule has 0 radical (unpaired) electrons. The van der Waals surface area contributed by atoms with Crippen molar-refractivity contribution in [1.82, 2.24) is 5.32 Å². The molecule has 1 aromatic carbocycles. The van der Waals surface area contributed by atoms with Crippen molar-refractivity contribution >= 4 is 11.6 Å². The van der Waals surface area contributed by atoms with Gasteiger partial charge < -0.3 is 15.4 Å². The van der Waals surface area contributed by atoms with E-state index in [1.165, 1.54) is 5.56 Å². The van der Waals surface area contributed by atoms with E-state index in [0.29, 0.717) is 6.54 Å². The number of ether oxygens (including phenoxy) is 1. The molecule has 1 aromatic rings. The van der Waals surface area contributed by atoms with Gasteiger partial charge in [0.15, 0.2) is 0 Å². The molecule has 4 heteroatoms. The van der Waals surface area contributed by atoms with Crippen LogP contribution < -0.4 is 10.6 Å². The van der Waals surface area contributed by atoms with Crippen LogP contribution in [0.3, 0.4) is 0 Å². The van der Waals surface area contributed by atoms with E-state index in [9.17, 15) is 4.79 Å². The molecule has 1 amide bonds. The molecule has 98 valence electrons. The van der Waals surface area contributed by atoms with E-state index < -0.39 is 0 Å². The minimum Gasteiger partial charge on any atom is -0.385 e. The Morgan fingerprint density at radius 3 is 3.17 bits per heavy atom. The number of rotatable bonds is 6. The van der Waals surface area contributed by atoms with Crippen molar-refractivity contribution in [1.29, 1.82) is 0 Å². The molecule has 0 bridgehead atoms. The maximum Gasteiger partial charge on any atom is 0.251 e. The van der Waals surface area contributed by atoms with Crippen molar-refractivity contribution in [2.24, 2.45) is 0 Å². The predicted octanol–water partition coefficient (Wildman–Crippen LogP) is 1.81. The van der Waals surface area contributed by atoms with Gasteiger partial charge in [0.1, 0.15) is 0 Å². The van der Waals surface area contributed by atoms with Crippen LogP contribution in [0.25, 0.3) is 0 Å². The van der Waals surface area contributed by atoms with Gasteiger partial charge in [-0.3, -0.25) is 4.79 Å². The lowest BCUT2D eigenvalue weighted by Crippen LogP contribution is -2.24. The van der Waals surface area contributed by atoms with Crippen LogP contribution in [0, 0.1) is 0 Å². The Balaban J connectivity index is 1.82. The smallest absolute Gasteiger partial charge is 0.251 e. The standard InChI is InChI=1S/C14H20N2O2/c1-18-9-3-2-7-16-14(17)12-5-4-11-6-8-15-13(11)10-12/h4-5,10,15H,2-3,6-9H2,1H3,(H,16,17). The van der Waals surface area contributed by atoms with Gasteiger partial charge in [-0.25, -0.2) is 0 Å². The quantitative estimate of drug-likeness (QED) is 0.755. The summed E-state index contributed by atoms with van der Waals surface area (Å²) < 4.78 is 4.96. The summed E-state index contributed by atoms with van der Waals surface area (Å²) in [5.74, 6) is 0.00363. The fourth-order valence-electron chi connectivity index (χ4n) is 2.11. The number of anilines is 1. The van der Waals surface area contributed by atoms with E-state index >= 15 is 0 Å². The Morgan fingerprint density at radius 2 is 2.33 bits per heavy atom. The molecule has 0 atom stereocenters. The lowest BCUT2D eigenvalue weighted by atomic mass is 10.1. The molecule has 0 saturated heterocycles. The zero-order valence-corrected chi connectivity index (χ0v) is 10.8. The summed E-state index contributed by atoms with van der Waals surface area (Å²) in [6.45, 7) is 2.42. The molecule has 4 nitrogen and oxygen atoms in total. The van der Waals surface area contributed by atoms with Crippen molar-refractivity contribution in [3.8, 4) is 0 Å². The van der Waals surface area contributed by atoms with Gasteiger partial charge in [-0.15, -0.1) is 0 Å². The third-order valence-corrected chi connectivity index (χ3v) is 3.14. The number of amides is 1. The van der Waals surface area contributed by atoms with Crippen LogP contribution >= 0.6 is 0 Å².